The molecule has 1 aromatic rings. The molecule has 1 aliphatic heterocycles. The molecule has 6 nitrogen and oxygen atoms in total. The number of piperidine rings is 1. The fourth-order valence-corrected chi connectivity index (χ4v) is 4.59. The monoisotopic (exact) mass is 375 g/mol. The lowest BCUT2D eigenvalue weighted by Crippen LogP contribution is -2.48. The van der Waals surface area contributed by atoms with Crippen molar-refractivity contribution in [1.29, 1.82) is 0 Å². The number of amides is 2. The van der Waals surface area contributed by atoms with Crippen LogP contribution in [0.5, 0.6) is 0 Å². The number of rotatable bonds is 7. The van der Waals surface area contributed by atoms with Gasteiger partial charge in [0.1, 0.15) is 0 Å². The van der Waals surface area contributed by atoms with E-state index in [1.165, 1.54) is 51.5 Å². The summed E-state index contributed by atoms with van der Waals surface area (Å²) in [5.74, 6) is 0.589. The van der Waals surface area contributed by atoms with Crippen LogP contribution in [0.4, 0.5) is 4.79 Å². The summed E-state index contributed by atoms with van der Waals surface area (Å²) in [6, 6.07) is 0.844. The highest BCUT2D eigenvalue weighted by Gasteiger charge is 2.27. The Labute approximate surface area is 164 Å². The predicted octanol–water partition coefficient (Wildman–Crippen LogP) is 3.48. The maximum absolute atomic E-state index is 12.7. The number of urea groups is 1. The molecule has 1 atom stereocenters. The van der Waals surface area contributed by atoms with E-state index in [2.05, 4.69) is 22.2 Å². The fourth-order valence-electron chi connectivity index (χ4n) is 4.59. The van der Waals surface area contributed by atoms with Gasteiger partial charge in [0.25, 0.3) is 0 Å². The highest BCUT2D eigenvalue weighted by molar-refractivity contribution is 5.74. The van der Waals surface area contributed by atoms with Crippen molar-refractivity contribution < 1.29 is 4.79 Å². The third-order valence-corrected chi connectivity index (χ3v) is 6.24. The van der Waals surface area contributed by atoms with Crippen molar-refractivity contribution in [1.82, 2.24) is 24.9 Å². The summed E-state index contributed by atoms with van der Waals surface area (Å²) < 4.78 is 1.91. The molecule has 1 aromatic heterocycles. The van der Waals surface area contributed by atoms with Gasteiger partial charge < -0.3 is 15.1 Å². The molecular formula is C21H37N5O. The van der Waals surface area contributed by atoms with Gasteiger partial charge >= 0.3 is 6.03 Å². The van der Waals surface area contributed by atoms with Crippen molar-refractivity contribution in [2.45, 2.75) is 77.9 Å². The molecule has 3 rings (SSSR count). The van der Waals surface area contributed by atoms with Gasteiger partial charge in [-0.2, -0.15) is 5.10 Å². The second-order valence-corrected chi connectivity index (χ2v) is 8.20. The molecule has 1 aliphatic carbocycles. The first kappa shape index (κ1) is 20.2. The first-order chi connectivity index (χ1) is 13.2. The molecule has 1 saturated heterocycles. The number of hydrogen-bond donors (Lipinski definition) is 1. The summed E-state index contributed by atoms with van der Waals surface area (Å²) >= 11 is 0. The molecule has 2 aliphatic rings. The van der Waals surface area contributed by atoms with Crippen LogP contribution in [0.2, 0.25) is 0 Å². The lowest BCUT2D eigenvalue weighted by atomic mass is 9.90. The van der Waals surface area contributed by atoms with Crippen LogP contribution in [-0.2, 0) is 13.1 Å². The fraction of sp³-hybridized carbons (Fsp3) is 0.810. The molecule has 1 N–H and O–H groups in total. The van der Waals surface area contributed by atoms with E-state index in [1.807, 2.05) is 28.9 Å². The van der Waals surface area contributed by atoms with Gasteiger partial charge in [0.05, 0.1) is 12.7 Å². The Bertz CT molecular complexity index is 581. The molecule has 0 spiro atoms. The van der Waals surface area contributed by atoms with Crippen molar-refractivity contribution in [3.8, 4) is 0 Å². The standard InChI is InChI=1S/C21H37N5O/c1-3-24(16-19-14-23-26(4-2)17-19)21(27)22-13-18-9-8-12-25(15-18)20-10-6-5-7-11-20/h14,17-18,20H,3-13,15-16H2,1-2H3,(H,22,27)/t18-/m1/s1. The quantitative estimate of drug-likeness (QED) is 0.794. The third-order valence-electron chi connectivity index (χ3n) is 6.24. The number of aryl methyl sites for hydroxylation is 1. The van der Waals surface area contributed by atoms with Crippen molar-refractivity contribution in [2.75, 3.05) is 26.2 Å². The van der Waals surface area contributed by atoms with E-state index in [1.54, 1.807) is 0 Å². The van der Waals surface area contributed by atoms with Crippen LogP contribution in [0.3, 0.4) is 0 Å². The zero-order valence-electron chi connectivity index (χ0n) is 17.2. The second-order valence-electron chi connectivity index (χ2n) is 8.20. The third kappa shape index (κ3) is 5.71. The van der Waals surface area contributed by atoms with Crippen molar-refractivity contribution in [3.63, 3.8) is 0 Å². The lowest BCUT2D eigenvalue weighted by Gasteiger charge is -2.40. The largest absolute Gasteiger partial charge is 0.338 e. The summed E-state index contributed by atoms with van der Waals surface area (Å²) in [5.41, 5.74) is 1.09. The van der Waals surface area contributed by atoms with Crippen LogP contribution >= 0.6 is 0 Å². The average Bonchev–Trinajstić information content (AvgIpc) is 3.19. The molecule has 2 amide bonds. The SMILES string of the molecule is CCN(Cc1cnn(CC)c1)C(=O)NC[C@H]1CCCN(C2CCCCC2)C1. The Morgan fingerprint density at radius 2 is 2.04 bits per heavy atom. The zero-order valence-corrected chi connectivity index (χ0v) is 17.2. The molecular weight excluding hydrogens is 338 g/mol. The van der Waals surface area contributed by atoms with Gasteiger partial charge in [-0.25, -0.2) is 4.79 Å². The minimum Gasteiger partial charge on any atom is -0.338 e. The van der Waals surface area contributed by atoms with E-state index in [0.717, 1.165) is 31.2 Å². The van der Waals surface area contributed by atoms with Crippen LogP contribution in [0.15, 0.2) is 12.4 Å². The molecule has 2 heterocycles. The molecule has 1 saturated carbocycles. The summed E-state index contributed by atoms with van der Waals surface area (Å²) in [6.07, 6.45) is 13.3. The van der Waals surface area contributed by atoms with Crippen LogP contribution in [0, 0.1) is 5.92 Å². The molecule has 0 bridgehead atoms. The van der Waals surface area contributed by atoms with Gasteiger partial charge in [-0.15, -0.1) is 0 Å². The van der Waals surface area contributed by atoms with Gasteiger partial charge in [0.15, 0.2) is 0 Å². The van der Waals surface area contributed by atoms with Gasteiger partial charge in [-0.3, -0.25) is 4.68 Å². The van der Waals surface area contributed by atoms with E-state index in [9.17, 15) is 4.79 Å². The smallest absolute Gasteiger partial charge is 0.317 e. The normalized spacial score (nSPS) is 21.9. The van der Waals surface area contributed by atoms with E-state index in [4.69, 9.17) is 0 Å². The minimum absolute atomic E-state index is 0.0524. The maximum Gasteiger partial charge on any atom is 0.317 e. The minimum atomic E-state index is 0.0524. The topological polar surface area (TPSA) is 53.4 Å². The number of likely N-dealkylation sites (tertiary alicyclic amines) is 1. The summed E-state index contributed by atoms with van der Waals surface area (Å²) in [5, 5.41) is 7.51. The van der Waals surface area contributed by atoms with Gasteiger partial charge in [0.2, 0.25) is 0 Å². The van der Waals surface area contributed by atoms with E-state index < -0.39 is 0 Å². The molecule has 0 radical (unpaired) electrons. The number of hydrogen-bond acceptors (Lipinski definition) is 3. The Morgan fingerprint density at radius 3 is 2.74 bits per heavy atom. The number of aromatic nitrogens is 2. The first-order valence-electron chi connectivity index (χ1n) is 11.0. The van der Waals surface area contributed by atoms with Crippen LogP contribution in [0.1, 0.15) is 64.4 Å². The Kier molecular flexibility index (Phi) is 7.56. The first-order valence-corrected chi connectivity index (χ1v) is 11.0. The number of carbonyl (C=O) groups is 1. The Hall–Kier alpha value is -1.56. The van der Waals surface area contributed by atoms with Gasteiger partial charge in [-0.1, -0.05) is 19.3 Å². The predicted molar refractivity (Wildman–Crippen MR) is 109 cm³/mol. The van der Waals surface area contributed by atoms with Gasteiger partial charge in [0, 0.05) is 44.0 Å². The van der Waals surface area contributed by atoms with Crippen LogP contribution in [-0.4, -0.2) is 57.8 Å². The average molecular weight is 376 g/mol. The second kappa shape index (κ2) is 10.1. The number of nitrogens with one attached hydrogen (secondary N) is 1. The summed E-state index contributed by atoms with van der Waals surface area (Å²) in [6.45, 7) is 9.50. The highest BCUT2D eigenvalue weighted by atomic mass is 16.2. The van der Waals surface area contributed by atoms with E-state index in [0.29, 0.717) is 19.0 Å². The molecule has 0 unspecified atom stereocenters. The van der Waals surface area contributed by atoms with E-state index >= 15 is 0 Å². The van der Waals surface area contributed by atoms with Crippen molar-refractivity contribution in [2.24, 2.45) is 5.92 Å². The lowest BCUT2D eigenvalue weighted by molar-refractivity contribution is 0.0978. The highest BCUT2D eigenvalue weighted by Crippen LogP contribution is 2.26. The van der Waals surface area contributed by atoms with Crippen molar-refractivity contribution >= 4 is 6.03 Å². The number of carbonyl (C=O) groups excluding carboxylic acids is 1. The molecule has 2 fully saturated rings. The molecule has 6 heteroatoms. The summed E-state index contributed by atoms with van der Waals surface area (Å²) in [7, 11) is 0. The summed E-state index contributed by atoms with van der Waals surface area (Å²) in [4.78, 5) is 17.2. The van der Waals surface area contributed by atoms with Crippen LogP contribution in [0.25, 0.3) is 0 Å². The molecule has 27 heavy (non-hydrogen) atoms. The molecule has 152 valence electrons. The van der Waals surface area contributed by atoms with Gasteiger partial charge in [-0.05, 0) is 52.0 Å². The van der Waals surface area contributed by atoms with Crippen molar-refractivity contribution in [3.05, 3.63) is 18.0 Å². The Balaban J connectivity index is 1.45. The Morgan fingerprint density at radius 1 is 1.22 bits per heavy atom. The molecule has 0 aromatic carbocycles. The maximum atomic E-state index is 12.7. The van der Waals surface area contributed by atoms with E-state index in [-0.39, 0.29) is 6.03 Å². The van der Waals surface area contributed by atoms with Crippen LogP contribution < -0.4 is 5.32 Å². The zero-order chi connectivity index (χ0) is 19.1. The number of nitrogens with zero attached hydrogens (tertiary/aromatic N) is 4.